The lowest BCUT2D eigenvalue weighted by Gasteiger charge is -2.10. The zero-order chi connectivity index (χ0) is 23.7. The third kappa shape index (κ3) is 4.27. The number of halogens is 1. The van der Waals surface area contributed by atoms with Gasteiger partial charge in [0.05, 0.1) is 17.1 Å². The molecule has 2 aromatic carbocycles. The minimum absolute atomic E-state index is 0.276. The molecule has 0 bridgehead atoms. The molecule has 0 aliphatic heterocycles. The van der Waals surface area contributed by atoms with Crippen molar-refractivity contribution in [3.8, 4) is 22.6 Å². The third-order valence-electron chi connectivity index (χ3n) is 6.05. The third-order valence-corrected chi connectivity index (χ3v) is 6.05. The van der Waals surface area contributed by atoms with E-state index in [1.165, 1.54) is 34.4 Å². The quantitative estimate of drug-likeness (QED) is 0.325. The minimum Gasteiger partial charge on any atom is -0.350 e. The number of hydrogen-bond acceptors (Lipinski definition) is 4. The van der Waals surface area contributed by atoms with Crippen molar-refractivity contribution in [3.63, 3.8) is 0 Å². The number of aromatic nitrogens is 4. The van der Waals surface area contributed by atoms with Gasteiger partial charge in [-0.2, -0.15) is 0 Å². The van der Waals surface area contributed by atoms with Gasteiger partial charge in [0.25, 0.3) is 0 Å². The molecular weight excluding hydrogens is 425 g/mol. The van der Waals surface area contributed by atoms with E-state index in [9.17, 15) is 4.39 Å². The van der Waals surface area contributed by atoms with Crippen molar-refractivity contribution in [3.05, 3.63) is 101 Å². The SMILES string of the molecule is CCc1ccn2c(-c3ccnc(NCc4ccc(C)cc4C)n3)c(-c3ccc(F)cc3)nc2c1. The molecule has 1 N–H and O–H groups in total. The summed E-state index contributed by atoms with van der Waals surface area (Å²) in [6.07, 6.45) is 4.69. The van der Waals surface area contributed by atoms with E-state index in [0.29, 0.717) is 12.5 Å². The molecule has 0 saturated heterocycles. The van der Waals surface area contributed by atoms with Crippen LogP contribution in [-0.4, -0.2) is 19.4 Å². The van der Waals surface area contributed by atoms with E-state index in [1.807, 2.05) is 16.7 Å². The monoisotopic (exact) mass is 451 g/mol. The lowest BCUT2D eigenvalue weighted by molar-refractivity contribution is 0.628. The maximum atomic E-state index is 13.6. The minimum atomic E-state index is -0.276. The highest BCUT2D eigenvalue weighted by atomic mass is 19.1. The predicted molar refractivity (Wildman–Crippen MR) is 134 cm³/mol. The summed E-state index contributed by atoms with van der Waals surface area (Å²) in [6.45, 7) is 6.95. The Hall–Kier alpha value is -4.06. The Labute approximate surface area is 198 Å². The zero-order valence-corrected chi connectivity index (χ0v) is 19.5. The first-order valence-corrected chi connectivity index (χ1v) is 11.4. The molecule has 0 saturated carbocycles. The molecule has 170 valence electrons. The number of pyridine rings is 1. The second-order valence-electron chi connectivity index (χ2n) is 8.48. The fraction of sp³-hybridized carbons (Fsp3) is 0.179. The molecule has 5 aromatic rings. The number of hydrogen-bond donors (Lipinski definition) is 1. The molecule has 0 unspecified atom stereocenters. The molecule has 0 amide bonds. The molecule has 0 atom stereocenters. The predicted octanol–water partition coefficient (Wildman–Crippen LogP) is 6.39. The van der Waals surface area contributed by atoms with Gasteiger partial charge in [-0.1, -0.05) is 30.7 Å². The molecule has 34 heavy (non-hydrogen) atoms. The number of aryl methyl sites for hydroxylation is 3. The molecule has 0 radical (unpaired) electrons. The second-order valence-corrected chi connectivity index (χ2v) is 8.48. The van der Waals surface area contributed by atoms with Crippen LogP contribution in [0.25, 0.3) is 28.3 Å². The highest BCUT2D eigenvalue weighted by molar-refractivity contribution is 5.80. The summed E-state index contributed by atoms with van der Waals surface area (Å²) >= 11 is 0. The smallest absolute Gasteiger partial charge is 0.223 e. The van der Waals surface area contributed by atoms with Crippen LogP contribution in [0, 0.1) is 19.7 Å². The number of nitrogens with zero attached hydrogens (tertiary/aromatic N) is 4. The lowest BCUT2D eigenvalue weighted by Crippen LogP contribution is -2.06. The van der Waals surface area contributed by atoms with Crippen molar-refractivity contribution in [1.29, 1.82) is 0 Å². The van der Waals surface area contributed by atoms with Crippen LogP contribution in [0.5, 0.6) is 0 Å². The van der Waals surface area contributed by atoms with Crippen LogP contribution < -0.4 is 5.32 Å². The molecule has 0 aliphatic rings. The number of anilines is 1. The summed E-state index contributed by atoms with van der Waals surface area (Å²) in [4.78, 5) is 14.1. The van der Waals surface area contributed by atoms with E-state index in [-0.39, 0.29) is 5.82 Å². The van der Waals surface area contributed by atoms with Gasteiger partial charge in [0.2, 0.25) is 5.95 Å². The van der Waals surface area contributed by atoms with Crippen LogP contribution in [0.4, 0.5) is 10.3 Å². The van der Waals surface area contributed by atoms with E-state index in [0.717, 1.165) is 34.7 Å². The summed E-state index contributed by atoms with van der Waals surface area (Å²) in [5.41, 5.74) is 8.89. The average Bonchev–Trinajstić information content (AvgIpc) is 3.23. The van der Waals surface area contributed by atoms with Crippen LogP contribution in [0.3, 0.4) is 0 Å². The van der Waals surface area contributed by atoms with Crippen molar-refractivity contribution in [2.24, 2.45) is 0 Å². The maximum Gasteiger partial charge on any atom is 0.223 e. The number of rotatable bonds is 6. The van der Waals surface area contributed by atoms with Gasteiger partial charge in [0.15, 0.2) is 0 Å². The highest BCUT2D eigenvalue weighted by Gasteiger charge is 2.18. The number of fused-ring (bicyclic) bond motifs is 1. The van der Waals surface area contributed by atoms with Gasteiger partial charge in [-0.25, -0.2) is 19.3 Å². The maximum absolute atomic E-state index is 13.6. The first-order valence-electron chi connectivity index (χ1n) is 11.4. The van der Waals surface area contributed by atoms with Gasteiger partial charge in [-0.3, -0.25) is 4.40 Å². The van der Waals surface area contributed by atoms with Gasteiger partial charge in [0.1, 0.15) is 11.5 Å². The zero-order valence-electron chi connectivity index (χ0n) is 19.5. The van der Waals surface area contributed by atoms with Crippen LogP contribution in [-0.2, 0) is 13.0 Å². The standard InChI is InChI=1S/C28H26FN5/c1-4-20-12-14-34-25(16-20)33-26(21-7-9-23(29)10-8-21)27(34)24-11-13-30-28(32-24)31-17-22-6-5-18(2)15-19(22)3/h5-16H,4,17H2,1-3H3,(H,30,31,32). The molecule has 5 rings (SSSR count). The Morgan fingerprint density at radius 3 is 2.53 bits per heavy atom. The molecule has 0 fully saturated rings. The molecular formula is C28H26FN5. The van der Waals surface area contributed by atoms with Crippen molar-refractivity contribution in [2.75, 3.05) is 5.32 Å². The molecule has 3 aromatic heterocycles. The van der Waals surface area contributed by atoms with Crippen LogP contribution in [0.15, 0.2) is 73.1 Å². The fourth-order valence-corrected chi connectivity index (χ4v) is 4.15. The fourth-order valence-electron chi connectivity index (χ4n) is 4.15. The van der Waals surface area contributed by atoms with E-state index < -0.39 is 0 Å². The second kappa shape index (κ2) is 9.06. The number of nitrogens with one attached hydrogen (secondary N) is 1. The van der Waals surface area contributed by atoms with E-state index in [1.54, 1.807) is 18.3 Å². The molecule has 5 nitrogen and oxygen atoms in total. The average molecular weight is 452 g/mol. The topological polar surface area (TPSA) is 55.1 Å². The lowest BCUT2D eigenvalue weighted by atomic mass is 10.1. The normalized spacial score (nSPS) is 11.2. The molecule has 6 heteroatoms. The number of benzene rings is 2. The van der Waals surface area contributed by atoms with Gasteiger partial charge >= 0.3 is 0 Å². The Bertz CT molecular complexity index is 1470. The van der Waals surface area contributed by atoms with Crippen LogP contribution in [0.2, 0.25) is 0 Å². The van der Waals surface area contributed by atoms with Crippen molar-refractivity contribution in [1.82, 2.24) is 19.4 Å². The van der Waals surface area contributed by atoms with Gasteiger partial charge in [-0.15, -0.1) is 0 Å². The molecule has 0 aliphatic carbocycles. The first-order chi connectivity index (χ1) is 16.5. The van der Waals surface area contributed by atoms with E-state index >= 15 is 0 Å². The van der Waals surface area contributed by atoms with E-state index in [2.05, 4.69) is 61.4 Å². The Morgan fingerprint density at radius 2 is 1.76 bits per heavy atom. The van der Waals surface area contributed by atoms with E-state index in [4.69, 9.17) is 9.97 Å². The Morgan fingerprint density at radius 1 is 0.941 bits per heavy atom. The summed E-state index contributed by atoms with van der Waals surface area (Å²) in [5.74, 6) is 0.268. The highest BCUT2D eigenvalue weighted by Crippen LogP contribution is 2.32. The molecule has 3 heterocycles. The van der Waals surface area contributed by atoms with Gasteiger partial charge in [0, 0.05) is 24.5 Å². The largest absolute Gasteiger partial charge is 0.350 e. The van der Waals surface area contributed by atoms with Crippen LogP contribution in [0.1, 0.15) is 29.2 Å². The first kappa shape index (κ1) is 21.8. The Balaban J connectivity index is 1.56. The summed E-state index contributed by atoms with van der Waals surface area (Å²) in [6, 6.07) is 18.9. The van der Waals surface area contributed by atoms with Crippen molar-refractivity contribution < 1.29 is 4.39 Å². The van der Waals surface area contributed by atoms with Gasteiger partial charge in [-0.05, 0) is 79.4 Å². The summed E-state index contributed by atoms with van der Waals surface area (Å²) in [5, 5.41) is 3.36. The van der Waals surface area contributed by atoms with Gasteiger partial charge < -0.3 is 5.32 Å². The van der Waals surface area contributed by atoms with Crippen molar-refractivity contribution >= 4 is 11.6 Å². The number of imidazole rings is 1. The summed E-state index contributed by atoms with van der Waals surface area (Å²) < 4.78 is 15.6. The summed E-state index contributed by atoms with van der Waals surface area (Å²) in [7, 11) is 0. The van der Waals surface area contributed by atoms with Crippen LogP contribution >= 0.6 is 0 Å². The van der Waals surface area contributed by atoms with Crippen molar-refractivity contribution in [2.45, 2.75) is 33.7 Å². The Kier molecular flexibility index (Phi) is 5.80. The molecule has 0 spiro atoms.